The number of likely N-dealkylation sites (tertiary alicyclic amines) is 1. The molecule has 6 heteroatoms. The lowest BCUT2D eigenvalue weighted by atomic mass is 9.97. The monoisotopic (exact) mass is 267 g/mol. The number of aromatic nitrogens is 1. The van der Waals surface area contributed by atoms with Gasteiger partial charge in [-0.15, -0.1) is 0 Å². The van der Waals surface area contributed by atoms with Gasteiger partial charge in [0.25, 0.3) is 0 Å². The molecule has 1 saturated heterocycles. The lowest BCUT2D eigenvalue weighted by molar-refractivity contribution is 0.0685. The standard InChI is InChI=1S/C13H21N3O3/c1-2-16-5-3-10(4-6-16)8-14-9-11-7-12(13(17)18)15-19-11/h7,10,14H,2-6,8-9H2,1H3,(H,17,18). The number of nitrogens with zero attached hydrogens (tertiary/aromatic N) is 2. The summed E-state index contributed by atoms with van der Waals surface area (Å²) >= 11 is 0. The van der Waals surface area contributed by atoms with E-state index in [1.54, 1.807) is 0 Å². The third kappa shape index (κ3) is 4.04. The van der Waals surface area contributed by atoms with Crippen LogP contribution >= 0.6 is 0 Å². The average molecular weight is 267 g/mol. The summed E-state index contributed by atoms with van der Waals surface area (Å²) in [4.78, 5) is 13.1. The summed E-state index contributed by atoms with van der Waals surface area (Å²) in [5.74, 6) is 0.218. The summed E-state index contributed by atoms with van der Waals surface area (Å²) in [6.45, 7) is 7.16. The Morgan fingerprint density at radius 3 is 2.89 bits per heavy atom. The molecule has 2 N–H and O–H groups in total. The molecule has 19 heavy (non-hydrogen) atoms. The van der Waals surface area contributed by atoms with Crippen LogP contribution < -0.4 is 5.32 Å². The van der Waals surface area contributed by atoms with Gasteiger partial charge in [-0.25, -0.2) is 4.79 Å². The Balaban J connectivity index is 1.67. The van der Waals surface area contributed by atoms with Gasteiger partial charge >= 0.3 is 5.97 Å². The number of carboxylic acids is 1. The van der Waals surface area contributed by atoms with Crippen LogP contribution in [0.1, 0.15) is 36.0 Å². The van der Waals surface area contributed by atoms with E-state index in [9.17, 15) is 4.79 Å². The molecule has 1 fully saturated rings. The maximum Gasteiger partial charge on any atom is 0.358 e. The van der Waals surface area contributed by atoms with E-state index in [0.29, 0.717) is 18.2 Å². The molecule has 0 saturated carbocycles. The Morgan fingerprint density at radius 2 is 2.32 bits per heavy atom. The van der Waals surface area contributed by atoms with Crippen molar-refractivity contribution in [3.8, 4) is 0 Å². The van der Waals surface area contributed by atoms with E-state index >= 15 is 0 Å². The van der Waals surface area contributed by atoms with Gasteiger partial charge in [0, 0.05) is 6.07 Å². The quantitative estimate of drug-likeness (QED) is 0.806. The number of hydrogen-bond acceptors (Lipinski definition) is 5. The van der Waals surface area contributed by atoms with E-state index in [1.165, 1.54) is 32.0 Å². The van der Waals surface area contributed by atoms with Gasteiger partial charge in [-0.2, -0.15) is 0 Å². The van der Waals surface area contributed by atoms with E-state index < -0.39 is 5.97 Å². The molecule has 0 amide bonds. The third-order valence-corrected chi connectivity index (χ3v) is 3.66. The molecule has 1 aromatic heterocycles. The largest absolute Gasteiger partial charge is 0.476 e. The minimum absolute atomic E-state index is 0.0342. The minimum Gasteiger partial charge on any atom is -0.476 e. The Morgan fingerprint density at radius 1 is 1.58 bits per heavy atom. The zero-order valence-electron chi connectivity index (χ0n) is 11.3. The van der Waals surface area contributed by atoms with Crippen molar-refractivity contribution in [3.05, 3.63) is 17.5 Å². The highest BCUT2D eigenvalue weighted by Gasteiger charge is 2.18. The number of rotatable bonds is 6. The topological polar surface area (TPSA) is 78.6 Å². The van der Waals surface area contributed by atoms with Gasteiger partial charge in [-0.3, -0.25) is 0 Å². The molecule has 106 valence electrons. The van der Waals surface area contributed by atoms with E-state index in [0.717, 1.165) is 13.1 Å². The van der Waals surface area contributed by atoms with Crippen LogP contribution in [0.4, 0.5) is 0 Å². The molecule has 0 spiro atoms. The second-order valence-electron chi connectivity index (χ2n) is 4.99. The van der Waals surface area contributed by atoms with Crippen molar-refractivity contribution in [1.29, 1.82) is 0 Å². The molecular weight excluding hydrogens is 246 g/mol. The highest BCUT2D eigenvalue weighted by Crippen LogP contribution is 2.16. The van der Waals surface area contributed by atoms with Gasteiger partial charge < -0.3 is 19.8 Å². The van der Waals surface area contributed by atoms with E-state index in [2.05, 4.69) is 22.3 Å². The molecule has 1 aliphatic heterocycles. The predicted octanol–water partition coefficient (Wildman–Crippen LogP) is 1.19. The summed E-state index contributed by atoms with van der Waals surface area (Å²) in [6, 6.07) is 1.47. The molecule has 0 aromatic carbocycles. The van der Waals surface area contributed by atoms with E-state index in [4.69, 9.17) is 9.63 Å². The fourth-order valence-electron chi connectivity index (χ4n) is 2.40. The smallest absolute Gasteiger partial charge is 0.358 e. The van der Waals surface area contributed by atoms with Crippen LogP contribution in [0.15, 0.2) is 10.6 Å². The van der Waals surface area contributed by atoms with Gasteiger partial charge in [0.05, 0.1) is 6.54 Å². The normalized spacial score (nSPS) is 17.7. The second-order valence-corrected chi connectivity index (χ2v) is 4.99. The molecule has 0 unspecified atom stereocenters. The van der Waals surface area contributed by atoms with Crippen LogP contribution in [0.2, 0.25) is 0 Å². The van der Waals surface area contributed by atoms with Crippen LogP contribution in [0, 0.1) is 5.92 Å². The fourth-order valence-corrected chi connectivity index (χ4v) is 2.40. The lowest BCUT2D eigenvalue weighted by Gasteiger charge is -2.31. The van der Waals surface area contributed by atoms with Gasteiger partial charge in [0.1, 0.15) is 0 Å². The molecule has 0 bridgehead atoms. The van der Waals surface area contributed by atoms with E-state index in [1.807, 2.05) is 0 Å². The molecule has 0 aliphatic carbocycles. The van der Waals surface area contributed by atoms with Crippen molar-refractivity contribution in [3.63, 3.8) is 0 Å². The molecular formula is C13H21N3O3. The lowest BCUT2D eigenvalue weighted by Crippen LogP contribution is -2.36. The van der Waals surface area contributed by atoms with Crippen LogP contribution in [0.3, 0.4) is 0 Å². The van der Waals surface area contributed by atoms with Crippen molar-refractivity contribution in [1.82, 2.24) is 15.4 Å². The second kappa shape index (κ2) is 6.68. The van der Waals surface area contributed by atoms with Crippen LogP contribution in [-0.2, 0) is 6.54 Å². The van der Waals surface area contributed by atoms with Gasteiger partial charge in [0.15, 0.2) is 11.5 Å². The number of hydrogen-bond donors (Lipinski definition) is 2. The maximum atomic E-state index is 10.6. The first-order chi connectivity index (χ1) is 9.19. The number of nitrogens with one attached hydrogen (secondary N) is 1. The molecule has 1 aromatic rings. The highest BCUT2D eigenvalue weighted by atomic mass is 16.5. The molecule has 0 atom stereocenters. The SMILES string of the molecule is CCN1CCC(CNCc2cc(C(=O)O)no2)CC1. The summed E-state index contributed by atoms with van der Waals surface area (Å²) in [6.07, 6.45) is 2.44. The Kier molecular flexibility index (Phi) is 4.93. The van der Waals surface area contributed by atoms with Crippen LogP contribution in [0.25, 0.3) is 0 Å². The minimum atomic E-state index is -1.05. The summed E-state index contributed by atoms with van der Waals surface area (Å²) in [7, 11) is 0. The van der Waals surface area contributed by atoms with Crippen molar-refractivity contribution < 1.29 is 14.4 Å². The van der Waals surface area contributed by atoms with E-state index in [-0.39, 0.29) is 5.69 Å². The van der Waals surface area contributed by atoms with Crippen molar-refractivity contribution in [2.45, 2.75) is 26.3 Å². The first-order valence-electron chi connectivity index (χ1n) is 6.81. The summed E-state index contributed by atoms with van der Waals surface area (Å²) in [5.41, 5.74) is -0.0342. The van der Waals surface area contributed by atoms with Crippen LogP contribution in [-0.4, -0.2) is 47.3 Å². The molecule has 6 nitrogen and oxygen atoms in total. The van der Waals surface area contributed by atoms with Crippen LogP contribution in [0.5, 0.6) is 0 Å². The van der Waals surface area contributed by atoms with Gasteiger partial charge in [-0.1, -0.05) is 12.1 Å². The first kappa shape index (κ1) is 14.0. The average Bonchev–Trinajstić information content (AvgIpc) is 2.89. The first-order valence-corrected chi connectivity index (χ1v) is 6.81. The highest BCUT2D eigenvalue weighted by molar-refractivity contribution is 5.85. The van der Waals surface area contributed by atoms with Gasteiger partial charge in [-0.05, 0) is 44.9 Å². The summed E-state index contributed by atoms with van der Waals surface area (Å²) < 4.78 is 4.95. The molecule has 0 radical (unpaired) electrons. The molecule has 2 rings (SSSR count). The fraction of sp³-hybridized carbons (Fsp3) is 0.692. The Hall–Kier alpha value is -1.40. The molecule has 1 aliphatic rings. The van der Waals surface area contributed by atoms with Crippen molar-refractivity contribution >= 4 is 5.97 Å². The Bertz CT molecular complexity index is 411. The number of aromatic carboxylic acids is 1. The number of carboxylic acid groups (broad SMARTS) is 1. The molecule has 2 heterocycles. The Labute approximate surface area is 112 Å². The third-order valence-electron chi connectivity index (χ3n) is 3.66. The van der Waals surface area contributed by atoms with Crippen molar-refractivity contribution in [2.24, 2.45) is 5.92 Å². The predicted molar refractivity (Wildman–Crippen MR) is 70.0 cm³/mol. The van der Waals surface area contributed by atoms with Crippen molar-refractivity contribution in [2.75, 3.05) is 26.2 Å². The number of carbonyl (C=O) groups is 1. The number of piperidine rings is 1. The maximum absolute atomic E-state index is 10.6. The summed E-state index contributed by atoms with van der Waals surface area (Å²) in [5, 5.41) is 15.5. The van der Waals surface area contributed by atoms with Gasteiger partial charge in [0.2, 0.25) is 0 Å². The zero-order valence-corrected chi connectivity index (χ0v) is 11.3. The zero-order chi connectivity index (χ0) is 13.7.